The number of aliphatic hydroxyl groups excluding tert-OH is 3. The number of aliphatic hydroxyl groups is 3. The SMILES string of the molecule is C=CCC(=O)C(C=CC=C(O)C=C)C(O)OC=CCO. The van der Waals surface area contributed by atoms with E-state index in [9.17, 15) is 15.0 Å². The van der Waals surface area contributed by atoms with Gasteiger partial charge in [0.25, 0.3) is 0 Å². The number of hydrogen-bond donors (Lipinski definition) is 3. The molecule has 0 aliphatic heterocycles. The molecule has 0 aromatic heterocycles. The lowest BCUT2D eigenvalue weighted by atomic mass is 10.00. The standard InChI is InChI=1S/C15H20O5/c1-3-7-14(18)13(9-5-8-12(17)4-2)15(19)20-11-6-10-16/h3-6,8-9,11,13,15-17,19H,1-2,7,10H2. The smallest absolute Gasteiger partial charge is 0.209 e. The maximum absolute atomic E-state index is 11.8. The zero-order chi connectivity index (χ0) is 15.4. The molecular weight excluding hydrogens is 260 g/mol. The van der Waals surface area contributed by atoms with Gasteiger partial charge in [0.15, 0.2) is 0 Å². The molecular formula is C15H20O5. The number of rotatable bonds is 10. The van der Waals surface area contributed by atoms with Crippen LogP contribution in [-0.4, -0.2) is 34.0 Å². The molecule has 3 N–H and O–H groups in total. The summed E-state index contributed by atoms with van der Waals surface area (Å²) in [5, 5.41) is 27.5. The molecule has 0 spiro atoms. The summed E-state index contributed by atoms with van der Waals surface area (Å²) >= 11 is 0. The van der Waals surface area contributed by atoms with Gasteiger partial charge in [0.1, 0.15) is 11.5 Å². The molecule has 0 saturated carbocycles. The van der Waals surface area contributed by atoms with E-state index in [2.05, 4.69) is 13.2 Å². The Kier molecular flexibility index (Phi) is 9.64. The number of carbonyl (C=O) groups is 1. The predicted octanol–water partition coefficient (Wildman–Crippen LogP) is 1.77. The summed E-state index contributed by atoms with van der Waals surface area (Å²) in [5.74, 6) is -1.26. The van der Waals surface area contributed by atoms with Crippen LogP contribution in [0.4, 0.5) is 0 Å². The van der Waals surface area contributed by atoms with Crippen molar-refractivity contribution >= 4 is 5.78 Å². The molecule has 5 heteroatoms. The highest BCUT2D eigenvalue weighted by Crippen LogP contribution is 2.13. The van der Waals surface area contributed by atoms with Crippen LogP contribution in [0, 0.1) is 5.92 Å². The topological polar surface area (TPSA) is 87.0 Å². The van der Waals surface area contributed by atoms with Gasteiger partial charge in [0.2, 0.25) is 6.29 Å². The van der Waals surface area contributed by atoms with Crippen LogP contribution >= 0.6 is 0 Å². The monoisotopic (exact) mass is 280 g/mol. The van der Waals surface area contributed by atoms with Crippen molar-refractivity contribution in [3.05, 3.63) is 61.6 Å². The molecule has 5 nitrogen and oxygen atoms in total. The normalized spacial score (nSPS) is 15.2. The average Bonchev–Trinajstić information content (AvgIpc) is 2.43. The van der Waals surface area contributed by atoms with E-state index >= 15 is 0 Å². The van der Waals surface area contributed by atoms with Crippen molar-refractivity contribution in [3.8, 4) is 0 Å². The third-order valence-corrected chi connectivity index (χ3v) is 2.24. The highest BCUT2D eigenvalue weighted by molar-refractivity contribution is 5.84. The predicted molar refractivity (Wildman–Crippen MR) is 76.7 cm³/mol. The third-order valence-electron chi connectivity index (χ3n) is 2.24. The summed E-state index contributed by atoms with van der Waals surface area (Å²) < 4.78 is 4.90. The lowest BCUT2D eigenvalue weighted by Crippen LogP contribution is -2.27. The highest BCUT2D eigenvalue weighted by atomic mass is 16.6. The first kappa shape index (κ1) is 17.9. The molecule has 110 valence electrons. The Morgan fingerprint density at radius 3 is 2.60 bits per heavy atom. The molecule has 0 amide bonds. The second kappa shape index (κ2) is 10.8. The van der Waals surface area contributed by atoms with E-state index in [1.165, 1.54) is 36.5 Å². The van der Waals surface area contributed by atoms with Gasteiger partial charge < -0.3 is 20.1 Å². The fraction of sp³-hybridized carbons (Fsp3) is 0.267. The van der Waals surface area contributed by atoms with Crippen LogP contribution in [0.2, 0.25) is 0 Å². The van der Waals surface area contributed by atoms with E-state index in [0.29, 0.717) is 0 Å². The molecule has 0 heterocycles. The molecule has 0 aromatic carbocycles. The van der Waals surface area contributed by atoms with Crippen molar-refractivity contribution in [1.29, 1.82) is 0 Å². The molecule has 0 aliphatic rings. The van der Waals surface area contributed by atoms with E-state index in [1.54, 1.807) is 0 Å². The van der Waals surface area contributed by atoms with E-state index in [-0.39, 0.29) is 24.6 Å². The van der Waals surface area contributed by atoms with Crippen molar-refractivity contribution in [1.82, 2.24) is 0 Å². The summed E-state index contributed by atoms with van der Waals surface area (Å²) in [7, 11) is 0. The van der Waals surface area contributed by atoms with Gasteiger partial charge in [-0.25, -0.2) is 0 Å². The minimum atomic E-state index is -1.39. The van der Waals surface area contributed by atoms with Gasteiger partial charge in [-0.1, -0.05) is 24.8 Å². The maximum Gasteiger partial charge on any atom is 0.209 e. The lowest BCUT2D eigenvalue weighted by molar-refractivity contribution is -0.135. The van der Waals surface area contributed by atoms with Crippen LogP contribution in [0.1, 0.15) is 6.42 Å². The van der Waals surface area contributed by atoms with E-state index in [1.807, 2.05) is 0 Å². The van der Waals surface area contributed by atoms with Gasteiger partial charge in [-0.05, 0) is 18.2 Å². The van der Waals surface area contributed by atoms with Crippen LogP contribution in [-0.2, 0) is 9.53 Å². The fourth-order valence-corrected chi connectivity index (χ4v) is 1.25. The molecule has 0 aromatic rings. The number of allylic oxidation sites excluding steroid dienone is 4. The number of hydrogen-bond acceptors (Lipinski definition) is 5. The van der Waals surface area contributed by atoms with Gasteiger partial charge in [0, 0.05) is 6.42 Å². The Hall–Kier alpha value is -2.11. The molecule has 2 atom stereocenters. The van der Waals surface area contributed by atoms with Crippen LogP contribution < -0.4 is 0 Å². The Bertz CT molecular complexity index is 406. The lowest BCUT2D eigenvalue weighted by Gasteiger charge is -2.17. The van der Waals surface area contributed by atoms with Crippen LogP contribution in [0.3, 0.4) is 0 Å². The first-order chi connectivity index (χ1) is 9.56. The van der Waals surface area contributed by atoms with Crippen LogP contribution in [0.5, 0.6) is 0 Å². The van der Waals surface area contributed by atoms with Crippen molar-refractivity contribution < 1.29 is 24.9 Å². The van der Waals surface area contributed by atoms with Crippen molar-refractivity contribution in [3.63, 3.8) is 0 Å². The third kappa shape index (κ3) is 7.35. The Morgan fingerprint density at radius 1 is 1.35 bits per heavy atom. The summed E-state index contributed by atoms with van der Waals surface area (Å²) in [6.45, 7) is 6.60. The number of ketones is 1. The number of Topliss-reactive ketones (excluding diaryl/α,β-unsaturated/α-hetero) is 1. The Balaban J connectivity index is 4.88. The van der Waals surface area contributed by atoms with E-state index in [0.717, 1.165) is 6.26 Å². The molecule has 0 aliphatic carbocycles. The van der Waals surface area contributed by atoms with Crippen molar-refractivity contribution in [2.24, 2.45) is 5.92 Å². The molecule has 0 bridgehead atoms. The molecule has 20 heavy (non-hydrogen) atoms. The maximum atomic E-state index is 11.8. The Labute approximate surface area is 118 Å². The first-order valence-electron chi connectivity index (χ1n) is 5.99. The zero-order valence-electron chi connectivity index (χ0n) is 11.2. The average molecular weight is 280 g/mol. The second-order valence-electron chi connectivity index (χ2n) is 3.75. The first-order valence-corrected chi connectivity index (χ1v) is 5.99. The van der Waals surface area contributed by atoms with Crippen molar-refractivity contribution in [2.75, 3.05) is 6.61 Å². The largest absolute Gasteiger partial charge is 0.508 e. The van der Waals surface area contributed by atoms with Crippen LogP contribution in [0.25, 0.3) is 0 Å². The van der Waals surface area contributed by atoms with E-state index in [4.69, 9.17) is 9.84 Å². The second-order valence-corrected chi connectivity index (χ2v) is 3.75. The number of ether oxygens (including phenoxy) is 1. The summed E-state index contributed by atoms with van der Waals surface area (Å²) in [4.78, 5) is 11.8. The van der Waals surface area contributed by atoms with E-state index < -0.39 is 12.2 Å². The fourth-order valence-electron chi connectivity index (χ4n) is 1.25. The molecule has 2 unspecified atom stereocenters. The highest BCUT2D eigenvalue weighted by Gasteiger charge is 2.23. The van der Waals surface area contributed by atoms with Gasteiger partial charge in [-0.15, -0.1) is 6.58 Å². The number of carbonyl (C=O) groups excluding carboxylic acids is 1. The molecule has 0 radical (unpaired) electrons. The zero-order valence-corrected chi connectivity index (χ0v) is 11.2. The minimum absolute atomic E-state index is 0.0632. The minimum Gasteiger partial charge on any atom is -0.508 e. The summed E-state index contributed by atoms with van der Waals surface area (Å²) in [6, 6.07) is 0. The molecule has 0 rings (SSSR count). The van der Waals surface area contributed by atoms with Crippen LogP contribution in [0.15, 0.2) is 61.6 Å². The van der Waals surface area contributed by atoms with Gasteiger partial charge in [-0.3, -0.25) is 4.79 Å². The molecule has 0 fully saturated rings. The molecule has 0 saturated heterocycles. The quantitative estimate of drug-likeness (QED) is 0.246. The van der Waals surface area contributed by atoms with Gasteiger partial charge >= 0.3 is 0 Å². The Morgan fingerprint density at radius 2 is 2.05 bits per heavy atom. The van der Waals surface area contributed by atoms with Crippen molar-refractivity contribution in [2.45, 2.75) is 12.7 Å². The van der Waals surface area contributed by atoms with Gasteiger partial charge in [-0.2, -0.15) is 0 Å². The summed E-state index contributed by atoms with van der Waals surface area (Å²) in [6.07, 6.45) is 7.91. The summed E-state index contributed by atoms with van der Waals surface area (Å²) in [5.41, 5.74) is 0. The van der Waals surface area contributed by atoms with Gasteiger partial charge in [0.05, 0.1) is 18.8 Å².